The maximum Gasteiger partial charge on any atom is 0.255 e. The van der Waals surface area contributed by atoms with Crippen LogP contribution >= 0.6 is 11.6 Å². The van der Waals surface area contributed by atoms with E-state index in [0.717, 1.165) is 16.9 Å². The summed E-state index contributed by atoms with van der Waals surface area (Å²) in [5.41, 5.74) is 3.12. The van der Waals surface area contributed by atoms with Crippen molar-refractivity contribution in [2.24, 2.45) is 7.05 Å². The lowest BCUT2D eigenvalue weighted by atomic mass is 10.2. The van der Waals surface area contributed by atoms with Crippen LogP contribution in [-0.2, 0) is 7.05 Å². The first kappa shape index (κ1) is 13.6. The van der Waals surface area contributed by atoms with Gasteiger partial charge in [0.1, 0.15) is 5.82 Å². The number of halogens is 1. The van der Waals surface area contributed by atoms with Crippen molar-refractivity contribution in [3.05, 3.63) is 58.9 Å². The average Bonchev–Trinajstić information content (AvgIpc) is 2.76. The van der Waals surface area contributed by atoms with Gasteiger partial charge in [-0.05, 0) is 49.4 Å². The van der Waals surface area contributed by atoms with Crippen molar-refractivity contribution in [3.63, 3.8) is 0 Å². The van der Waals surface area contributed by atoms with Crippen molar-refractivity contribution >= 4 is 34.2 Å². The molecule has 1 aromatic heterocycles. The van der Waals surface area contributed by atoms with Crippen molar-refractivity contribution in [1.82, 2.24) is 9.55 Å². The number of imidazole rings is 1. The predicted octanol–water partition coefficient (Wildman–Crippen LogP) is 3.79. The smallest absolute Gasteiger partial charge is 0.255 e. The van der Waals surface area contributed by atoms with Gasteiger partial charge in [0, 0.05) is 23.3 Å². The van der Waals surface area contributed by atoms with E-state index in [1.54, 1.807) is 36.4 Å². The van der Waals surface area contributed by atoms with Gasteiger partial charge in [0.05, 0.1) is 11.0 Å². The van der Waals surface area contributed by atoms with Crippen molar-refractivity contribution in [1.29, 1.82) is 0 Å². The Hall–Kier alpha value is -2.33. The summed E-state index contributed by atoms with van der Waals surface area (Å²) in [5, 5.41) is 3.48. The second-order valence-electron chi connectivity index (χ2n) is 4.88. The second-order valence-corrected chi connectivity index (χ2v) is 5.32. The summed E-state index contributed by atoms with van der Waals surface area (Å²) in [6.45, 7) is 1.94. The highest BCUT2D eigenvalue weighted by Gasteiger charge is 2.10. The lowest BCUT2D eigenvalue weighted by Crippen LogP contribution is -2.11. The zero-order valence-electron chi connectivity index (χ0n) is 11.7. The predicted molar refractivity (Wildman–Crippen MR) is 84.9 cm³/mol. The molecule has 4 nitrogen and oxygen atoms in total. The van der Waals surface area contributed by atoms with Gasteiger partial charge in [0.15, 0.2) is 0 Å². The minimum atomic E-state index is -0.164. The van der Waals surface area contributed by atoms with Gasteiger partial charge < -0.3 is 9.88 Å². The Morgan fingerprint density at radius 3 is 2.62 bits per heavy atom. The molecule has 0 bridgehead atoms. The van der Waals surface area contributed by atoms with Crippen LogP contribution in [0.2, 0.25) is 5.02 Å². The van der Waals surface area contributed by atoms with Gasteiger partial charge >= 0.3 is 0 Å². The van der Waals surface area contributed by atoms with E-state index in [9.17, 15) is 4.79 Å². The number of aromatic nitrogens is 2. The number of hydrogen-bond acceptors (Lipinski definition) is 2. The van der Waals surface area contributed by atoms with E-state index >= 15 is 0 Å². The maximum absolute atomic E-state index is 12.3. The quantitative estimate of drug-likeness (QED) is 0.782. The van der Waals surface area contributed by atoms with Crippen molar-refractivity contribution in [2.75, 3.05) is 5.32 Å². The van der Waals surface area contributed by atoms with Crippen molar-refractivity contribution < 1.29 is 4.79 Å². The average molecular weight is 300 g/mol. The number of carbonyl (C=O) groups is 1. The fourth-order valence-corrected chi connectivity index (χ4v) is 2.32. The third-order valence-electron chi connectivity index (χ3n) is 3.47. The highest BCUT2D eigenvalue weighted by Crippen LogP contribution is 2.18. The molecule has 21 heavy (non-hydrogen) atoms. The Bertz CT molecular complexity index is 821. The highest BCUT2D eigenvalue weighted by atomic mass is 35.5. The summed E-state index contributed by atoms with van der Waals surface area (Å²) < 4.78 is 2.00. The van der Waals surface area contributed by atoms with Gasteiger partial charge in [0.2, 0.25) is 0 Å². The first-order valence-electron chi connectivity index (χ1n) is 6.54. The zero-order chi connectivity index (χ0) is 15.0. The van der Waals surface area contributed by atoms with E-state index in [2.05, 4.69) is 10.3 Å². The van der Waals surface area contributed by atoms with Crippen molar-refractivity contribution in [3.8, 4) is 0 Å². The number of benzene rings is 2. The summed E-state index contributed by atoms with van der Waals surface area (Å²) in [5.74, 6) is 0.753. The molecule has 0 aliphatic rings. The maximum atomic E-state index is 12.3. The summed E-state index contributed by atoms with van der Waals surface area (Å²) in [4.78, 5) is 16.7. The number of nitrogens with zero attached hydrogens (tertiary/aromatic N) is 2. The van der Waals surface area contributed by atoms with E-state index in [0.29, 0.717) is 16.3 Å². The number of fused-ring (bicyclic) bond motifs is 1. The molecule has 0 saturated carbocycles. The van der Waals surface area contributed by atoms with Crippen LogP contribution in [0.25, 0.3) is 11.0 Å². The normalized spacial score (nSPS) is 10.8. The fraction of sp³-hybridized carbons (Fsp3) is 0.125. The number of amides is 1. The summed E-state index contributed by atoms with van der Waals surface area (Å²) >= 11 is 5.82. The van der Waals surface area contributed by atoms with Crippen LogP contribution in [0.4, 0.5) is 5.69 Å². The molecule has 0 aliphatic heterocycles. The van der Waals surface area contributed by atoms with Gasteiger partial charge in [-0.2, -0.15) is 0 Å². The Kier molecular flexibility index (Phi) is 3.39. The van der Waals surface area contributed by atoms with Gasteiger partial charge in [-0.15, -0.1) is 0 Å². The summed E-state index contributed by atoms with van der Waals surface area (Å²) in [7, 11) is 1.96. The molecule has 0 saturated heterocycles. The lowest BCUT2D eigenvalue weighted by molar-refractivity contribution is 0.102. The first-order chi connectivity index (χ1) is 10.0. The molecule has 3 aromatic rings. The Balaban J connectivity index is 1.89. The molecule has 0 unspecified atom stereocenters. The molecule has 1 N–H and O–H groups in total. The van der Waals surface area contributed by atoms with Crippen LogP contribution in [-0.4, -0.2) is 15.5 Å². The highest BCUT2D eigenvalue weighted by molar-refractivity contribution is 6.30. The largest absolute Gasteiger partial charge is 0.331 e. The molecule has 0 fully saturated rings. The van der Waals surface area contributed by atoms with E-state index in [1.807, 2.05) is 24.6 Å². The standard InChI is InChI=1S/C16H14ClN3O/c1-10-18-14-9-11(3-8-15(14)20(10)2)16(21)19-13-6-4-12(17)5-7-13/h3-9H,1-2H3,(H,19,21). The molecule has 0 aliphatic carbocycles. The van der Waals surface area contributed by atoms with E-state index < -0.39 is 0 Å². The first-order valence-corrected chi connectivity index (χ1v) is 6.92. The second kappa shape index (κ2) is 5.22. The molecule has 0 atom stereocenters. The molecule has 1 heterocycles. The molecule has 1 amide bonds. The molecule has 3 rings (SSSR count). The Labute approximate surface area is 127 Å². The molecular weight excluding hydrogens is 286 g/mol. The topological polar surface area (TPSA) is 46.9 Å². The molecular formula is C16H14ClN3O. The van der Waals surface area contributed by atoms with E-state index in [1.165, 1.54) is 0 Å². The number of anilines is 1. The molecule has 0 radical (unpaired) electrons. The van der Waals surface area contributed by atoms with Crippen LogP contribution in [0.1, 0.15) is 16.2 Å². The van der Waals surface area contributed by atoms with Crippen LogP contribution in [0.3, 0.4) is 0 Å². The van der Waals surface area contributed by atoms with Crippen LogP contribution in [0, 0.1) is 6.92 Å². The van der Waals surface area contributed by atoms with Crippen LogP contribution in [0.15, 0.2) is 42.5 Å². The number of hydrogen-bond donors (Lipinski definition) is 1. The summed E-state index contributed by atoms with van der Waals surface area (Å²) in [6.07, 6.45) is 0. The number of nitrogens with one attached hydrogen (secondary N) is 1. The third kappa shape index (κ3) is 2.62. The van der Waals surface area contributed by atoms with Crippen molar-refractivity contribution in [2.45, 2.75) is 6.92 Å². The van der Waals surface area contributed by atoms with Gasteiger partial charge in [-0.1, -0.05) is 11.6 Å². The molecule has 106 valence electrons. The zero-order valence-corrected chi connectivity index (χ0v) is 12.5. The Morgan fingerprint density at radius 2 is 1.90 bits per heavy atom. The minimum Gasteiger partial charge on any atom is -0.331 e. The molecule has 5 heteroatoms. The van der Waals surface area contributed by atoms with E-state index in [4.69, 9.17) is 11.6 Å². The number of rotatable bonds is 2. The Morgan fingerprint density at radius 1 is 1.19 bits per heavy atom. The lowest BCUT2D eigenvalue weighted by Gasteiger charge is -2.05. The summed E-state index contributed by atoms with van der Waals surface area (Å²) in [6, 6.07) is 12.5. The van der Waals surface area contributed by atoms with Gasteiger partial charge in [-0.3, -0.25) is 4.79 Å². The van der Waals surface area contributed by atoms with E-state index in [-0.39, 0.29) is 5.91 Å². The van der Waals surface area contributed by atoms with Crippen LogP contribution < -0.4 is 5.32 Å². The molecule has 0 spiro atoms. The number of aryl methyl sites for hydroxylation is 2. The third-order valence-corrected chi connectivity index (χ3v) is 3.72. The van der Waals surface area contributed by atoms with Crippen LogP contribution in [0.5, 0.6) is 0 Å². The monoisotopic (exact) mass is 299 g/mol. The minimum absolute atomic E-state index is 0.164. The number of carbonyl (C=O) groups excluding carboxylic acids is 1. The van der Waals surface area contributed by atoms with Gasteiger partial charge in [0.25, 0.3) is 5.91 Å². The SMILES string of the molecule is Cc1nc2cc(C(=O)Nc3ccc(Cl)cc3)ccc2n1C. The molecule has 2 aromatic carbocycles. The van der Waals surface area contributed by atoms with Gasteiger partial charge in [-0.25, -0.2) is 4.98 Å². The fourth-order valence-electron chi connectivity index (χ4n) is 2.20.